The molecule has 4 N–H and O–H groups in total. The maximum atomic E-state index is 15.0. The van der Waals surface area contributed by atoms with Gasteiger partial charge in [0.2, 0.25) is 0 Å². The first-order valence-corrected chi connectivity index (χ1v) is 10.9. The Kier molecular flexibility index (Phi) is 5.13. The van der Waals surface area contributed by atoms with Gasteiger partial charge in [0.1, 0.15) is 35.6 Å². The van der Waals surface area contributed by atoms with Gasteiger partial charge in [-0.25, -0.2) is 18.2 Å². The molecule has 4 atom stereocenters. The number of aliphatic hydroxyl groups is 1. The predicted molar refractivity (Wildman–Crippen MR) is 119 cm³/mol. The summed E-state index contributed by atoms with van der Waals surface area (Å²) >= 11 is 0. The zero-order valence-electron chi connectivity index (χ0n) is 18.0. The van der Waals surface area contributed by atoms with Crippen LogP contribution in [0.4, 0.5) is 18.9 Å². The fourth-order valence-corrected chi connectivity index (χ4v) is 4.46. The molecular weight excluding hydrogens is 465 g/mol. The van der Waals surface area contributed by atoms with Gasteiger partial charge in [-0.15, -0.1) is 0 Å². The van der Waals surface area contributed by atoms with Crippen molar-refractivity contribution in [3.05, 3.63) is 59.9 Å². The van der Waals surface area contributed by atoms with Crippen LogP contribution in [0.25, 0.3) is 33.5 Å². The highest BCUT2D eigenvalue weighted by molar-refractivity contribution is 5.78. The molecule has 2 aliphatic heterocycles. The number of nitrogens with two attached hydrogens (primary N) is 1. The molecule has 2 aromatic carbocycles. The van der Waals surface area contributed by atoms with Crippen molar-refractivity contribution in [1.82, 2.24) is 15.0 Å². The Morgan fingerprint density at radius 1 is 0.914 bits per heavy atom. The number of ether oxygens (including phenoxy) is 3. The summed E-state index contributed by atoms with van der Waals surface area (Å²) in [6.07, 6.45) is -2.24. The van der Waals surface area contributed by atoms with Crippen LogP contribution in [0, 0.1) is 17.5 Å². The van der Waals surface area contributed by atoms with Crippen LogP contribution in [0.1, 0.15) is 0 Å². The van der Waals surface area contributed by atoms with Crippen molar-refractivity contribution in [2.24, 2.45) is 0 Å². The molecule has 2 aliphatic rings. The van der Waals surface area contributed by atoms with E-state index in [2.05, 4.69) is 15.0 Å². The number of aromatic nitrogens is 3. The summed E-state index contributed by atoms with van der Waals surface area (Å²) in [5.74, 6) is -2.88. The van der Waals surface area contributed by atoms with Crippen LogP contribution in [0.15, 0.2) is 42.5 Å². The monoisotopic (exact) mass is 484 g/mol. The molecule has 0 aliphatic carbocycles. The largest absolute Gasteiger partial charge is 0.456 e. The topological polar surface area (TPSA) is 116 Å². The van der Waals surface area contributed by atoms with Gasteiger partial charge < -0.3 is 30.0 Å². The molecule has 8 nitrogen and oxygen atoms in total. The number of nitrogen functional groups attached to an aromatic ring is 1. The van der Waals surface area contributed by atoms with Crippen LogP contribution in [0.3, 0.4) is 0 Å². The molecule has 4 aromatic rings. The predicted octanol–water partition coefficient (Wildman–Crippen LogP) is 3.20. The fourth-order valence-electron chi connectivity index (χ4n) is 4.46. The average Bonchev–Trinajstić information content (AvgIpc) is 3.51. The first kappa shape index (κ1) is 21.8. The van der Waals surface area contributed by atoms with Crippen molar-refractivity contribution in [2.75, 3.05) is 18.9 Å². The Labute approximate surface area is 196 Å². The average molecular weight is 484 g/mol. The van der Waals surface area contributed by atoms with E-state index in [0.717, 1.165) is 18.2 Å². The summed E-state index contributed by atoms with van der Waals surface area (Å²) in [6.45, 7) is 0.312. The van der Waals surface area contributed by atoms with Gasteiger partial charge in [0.05, 0.1) is 24.3 Å². The van der Waals surface area contributed by atoms with E-state index >= 15 is 8.78 Å². The minimum Gasteiger partial charge on any atom is -0.456 e. The molecule has 11 heteroatoms. The second kappa shape index (κ2) is 8.22. The Hall–Kier alpha value is -3.67. The van der Waals surface area contributed by atoms with Crippen LogP contribution < -0.4 is 10.5 Å². The van der Waals surface area contributed by atoms with Crippen molar-refractivity contribution in [3.63, 3.8) is 0 Å². The Morgan fingerprint density at radius 2 is 1.63 bits per heavy atom. The van der Waals surface area contributed by atoms with Gasteiger partial charge >= 0.3 is 0 Å². The molecule has 35 heavy (non-hydrogen) atoms. The van der Waals surface area contributed by atoms with Gasteiger partial charge in [0, 0.05) is 11.8 Å². The number of rotatable bonds is 4. The van der Waals surface area contributed by atoms with Gasteiger partial charge in [0.15, 0.2) is 17.6 Å². The van der Waals surface area contributed by atoms with Crippen LogP contribution in [0.5, 0.6) is 6.01 Å². The summed E-state index contributed by atoms with van der Waals surface area (Å²) in [5.41, 5.74) is 6.09. The van der Waals surface area contributed by atoms with Crippen molar-refractivity contribution >= 4 is 16.9 Å². The summed E-state index contributed by atoms with van der Waals surface area (Å²) in [7, 11) is 0. The summed E-state index contributed by atoms with van der Waals surface area (Å²) in [4.78, 5) is 11.0. The number of hydrogen-bond acceptors (Lipinski definition) is 7. The number of fused-ring (bicyclic) bond motifs is 2. The lowest BCUT2D eigenvalue weighted by Gasteiger charge is -2.15. The Balaban J connectivity index is 1.32. The van der Waals surface area contributed by atoms with Crippen molar-refractivity contribution in [1.29, 1.82) is 0 Å². The van der Waals surface area contributed by atoms with E-state index in [-0.39, 0.29) is 36.0 Å². The smallest absolute Gasteiger partial charge is 0.296 e. The van der Waals surface area contributed by atoms with Crippen LogP contribution >= 0.6 is 0 Å². The molecule has 2 fully saturated rings. The molecule has 180 valence electrons. The minimum atomic E-state index is -0.972. The maximum absolute atomic E-state index is 15.0. The molecule has 0 spiro atoms. The van der Waals surface area contributed by atoms with E-state index in [1.807, 2.05) is 0 Å². The molecule has 3 unspecified atom stereocenters. The normalized spacial score (nSPS) is 23.7. The standard InChI is InChI=1S/C24H19F3N4O4/c25-13-5-11(10-1-3-12(28)4-2-10)6-14(26)19(13)20-15(27)7-16-23(30-20)31-24(29-16)35-18-9-34-21-17(32)8-33-22(18)21/h1-7,17-18,21-22,32H,8-9,28H2,(H,29,30,31)/t17?,18?,21?,22-/m1/s1. The van der Waals surface area contributed by atoms with E-state index in [1.54, 1.807) is 24.3 Å². The van der Waals surface area contributed by atoms with Crippen LogP contribution in [-0.2, 0) is 9.47 Å². The number of anilines is 1. The summed E-state index contributed by atoms with van der Waals surface area (Å²) in [6, 6.07) is 9.79. The number of aliphatic hydroxyl groups excluding tert-OH is 1. The van der Waals surface area contributed by atoms with E-state index in [9.17, 15) is 9.50 Å². The zero-order valence-corrected chi connectivity index (χ0v) is 18.0. The summed E-state index contributed by atoms with van der Waals surface area (Å²) < 4.78 is 61.7. The lowest BCUT2D eigenvalue weighted by molar-refractivity contribution is 0.00706. The first-order chi connectivity index (χ1) is 16.9. The molecule has 0 amide bonds. The molecule has 6 rings (SSSR count). The van der Waals surface area contributed by atoms with Gasteiger partial charge in [-0.1, -0.05) is 12.1 Å². The Morgan fingerprint density at radius 3 is 2.37 bits per heavy atom. The lowest BCUT2D eigenvalue weighted by Crippen LogP contribution is -2.34. The number of halogens is 3. The van der Waals surface area contributed by atoms with Gasteiger partial charge in [-0.05, 0) is 35.4 Å². The van der Waals surface area contributed by atoms with Gasteiger partial charge in [-0.2, -0.15) is 4.98 Å². The van der Waals surface area contributed by atoms with Gasteiger partial charge in [0.25, 0.3) is 6.01 Å². The highest BCUT2D eigenvalue weighted by Gasteiger charge is 2.48. The highest BCUT2D eigenvalue weighted by Crippen LogP contribution is 2.34. The number of pyridine rings is 1. The third-order valence-corrected chi connectivity index (χ3v) is 6.17. The number of H-pyrrole nitrogens is 1. The SMILES string of the molecule is Nc1ccc(-c2cc(F)c(-c3nc4nc(OC5COC6C(O)CO[C@H]56)[nH]c4cc3F)c(F)c2)cc1. The number of hydrogen-bond donors (Lipinski definition) is 3. The van der Waals surface area contributed by atoms with Gasteiger partial charge in [-0.3, -0.25) is 0 Å². The molecule has 0 saturated carbocycles. The zero-order chi connectivity index (χ0) is 24.3. The maximum Gasteiger partial charge on any atom is 0.296 e. The molecule has 4 heterocycles. The van der Waals surface area contributed by atoms with E-state index in [1.165, 1.54) is 0 Å². The van der Waals surface area contributed by atoms with Crippen molar-refractivity contribution in [2.45, 2.75) is 24.4 Å². The van der Waals surface area contributed by atoms with E-state index < -0.39 is 53.1 Å². The van der Waals surface area contributed by atoms with E-state index in [0.29, 0.717) is 11.3 Å². The number of aromatic amines is 1. The Bertz CT molecular complexity index is 1410. The summed E-state index contributed by atoms with van der Waals surface area (Å²) in [5, 5.41) is 9.86. The first-order valence-electron chi connectivity index (χ1n) is 10.9. The third-order valence-electron chi connectivity index (χ3n) is 6.17. The second-order valence-corrected chi connectivity index (χ2v) is 8.49. The fraction of sp³-hybridized carbons (Fsp3) is 0.250. The number of nitrogens with one attached hydrogen (secondary N) is 1. The molecule has 2 saturated heterocycles. The third kappa shape index (κ3) is 3.77. The number of nitrogens with zero attached hydrogens (tertiary/aromatic N) is 2. The molecular formula is C24H19F3N4O4. The van der Waals surface area contributed by atoms with Crippen LogP contribution in [0.2, 0.25) is 0 Å². The quantitative estimate of drug-likeness (QED) is 0.381. The second-order valence-electron chi connectivity index (χ2n) is 8.49. The number of imidazole rings is 1. The molecule has 0 bridgehead atoms. The molecule has 0 radical (unpaired) electrons. The van der Waals surface area contributed by atoms with Crippen molar-refractivity contribution in [3.8, 4) is 28.4 Å². The lowest BCUT2D eigenvalue weighted by atomic mass is 10.0. The van der Waals surface area contributed by atoms with E-state index in [4.69, 9.17) is 19.9 Å². The highest BCUT2D eigenvalue weighted by atomic mass is 19.1. The van der Waals surface area contributed by atoms with Crippen LogP contribution in [-0.4, -0.2) is 57.7 Å². The minimum absolute atomic E-state index is 0.0145. The number of benzene rings is 2. The molecule has 2 aromatic heterocycles. The van der Waals surface area contributed by atoms with Crippen molar-refractivity contribution < 1.29 is 32.5 Å².